The van der Waals surface area contributed by atoms with E-state index < -0.39 is 0 Å². The van der Waals surface area contributed by atoms with E-state index in [2.05, 4.69) is 129 Å². The molecule has 0 fully saturated rings. The maximum absolute atomic E-state index is 11.9. The van der Waals surface area contributed by atoms with Crippen molar-refractivity contribution >= 4 is 157 Å². The third-order valence-electron chi connectivity index (χ3n) is 15.9. The van der Waals surface area contributed by atoms with Crippen molar-refractivity contribution in [1.29, 1.82) is 0 Å². The normalized spacial score (nSPS) is 10.8. The van der Waals surface area contributed by atoms with Crippen molar-refractivity contribution in [3.8, 4) is 0 Å². The Morgan fingerprint density at radius 1 is 0.358 bits per heavy atom. The molecule has 0 unspecified atom stereocenters. The highest BCUT2D eigenvalue weighted by Gasteiger charge is 2.12. The number of hydrogen-bond donors (Lipinski definition) is 20. The fourth-order valence-electron chi connectivity index (χ4n) is 10.6. The molecule has 0 aliphatic carbocycles. The first-order valence-electron chi connectivity index (χ1n) is 34.2. The molecular weight excluding hydrogens is 1440 g/mol. The van der Waals surface area contributed by atoms with Crippen molar-refractivity contribution < 1.29 is 19.2 Å². The predicted octanol–water partition coefficient (Wildman–Crippen LogP) is 8.35. The molecule has 0 spiro atoms. The number of fused-ring (bicyclic) bond motifs is 5. The molecule has 109 heavy (non-hydrogen) atoms. The van der Waals surface area contributed by atoms with Crippen LogP contribution in [0.5, 0.6) is 0 Å². The first-order valence-corrected chi connectivity index (χ1v) is 35.8. The Bertz CT molecular complexity index is 5720. The minimum absolute atomic E-state index is 0.0852. The summed E-state index contributed by atoms with van der Waals surface area (Å²) in [7, 11) is 3.78. The number of amides is 4. The van der Waals surface area contributed by atoms with Crippen LogP contribution in [0.4, 0.5) is 56.2 Å². The van der Waals surface area contributed by atoms with E-state index in [-0.39, 0.29) is 51.4 Å². The lowest BCUT2D eigenvalue weighted by Gasteiger charge is -2.07. The number of pyridine rings is 1. The number of imidazole rings is 2. The number of aromatic nitrogens is 17. The molecule has 10 aromatic heterocycles. The summed E-state index contributed by atoms with van der Waals surface area (Å²) >= 11 is 3.00. The zero-order valence-corrected chi connectivity index (χ0v) is 61.0. The van der Waals surface area contributed by atoms with E-state index in [0.717, 1.165) is 79.6 Å². The Kier molecular flexibility index (Phi) is 25.9. The lowest BCUT2D eigenvalue weighted by molar-refractivity contribution is -0.116. The number of rotatable bonds is 26. The zero-order valence-electron chi connectivity index (χ0n) is 59.3. The number of carbonyl (C=O) groups is 4. The second-order valence-corrected chi connectivity index (χ2v) is 26.9. The van der Waals surface area contributed by atoms with E-state index in [0.29, 0.717) is 112 Å². The molecular formula is C71H79N27O9S2. The molecule has 0 aliphatic rings. The van der Waals surface area contributed by atoms with Crippen molar-refractivity contribution in [2.45, 2.75) is 46.0 Å². The summed E-state index contributed by atoms with van der Waals surface area (Å²) in [5.41, 5.74) is 6.87. The highest BCUT2D eigenvalue weighted by molar-refractivity contribution is 7.15. The number of aryl methyl sites for hydroxylation is 4. The molecule has 10 heterocycles. The van der Waals surface area contributed by atoms with E-state index in [1.807, 2.05) is 99.4 Å². The third kappa shape index (κ3) is 22.5. The standard InChI is InChI=1S/C15H15N5O2.C14H16N6O2.C14H18N6O.2C14H15N5O2S/c21-14(6-8-17-13-3-1-2-7-16-13)18-10-4-5-11-12(9-10)19-20-15(11)22;1-20-7-12(16-8-20)17-13(21)4-5-15-9-2-3-10-11(6-9)18-19-14(10)22;1-20-8-13(17-9-20)16-6-2-5-15-10-3-4-11-12(7-10)18-19-14(11)21;1-8-7-16-14(22-8)15-5-4-12(20)17-9-2-3-10-11(6-9)18-19-13(10)21;1-8-7-16-14(22-8)17-12(20)4-5-15-9-2-3-10-11(6-9)18-19-13(10)21/h1-5,7,9H,6,8H2,(H,16,17)(H,18,21)(H2,19,20,22);2-3,6-8,15H,4-5H2,1H3,(H,17,21)(H2,18,19,22);3-4,7-9,15-16H,2,5-6H2,1H3,(H2,18,19,21);2-3,6-7H,4-5H2,1H3,(H,15,16)(H,17,20)(H2,18,19,21);2-3,6-7,15H,4-5H2,1H3,(H,16,17,20)(H2,18,19,21). The Balaban J connectivity index is 0.000000135. The van der Waals surface area contributed by atoms with Gasteiger partial charge in [-0.3, -0.25) is 94.1 Å². The van der Waals surface area contributed by atoms with Gasteiger partial charge in [-0.1, -0.05) is 6.07 Å². The number of H-pyrrole nitrogens is 10. The molecule has 5 aromatic carbocycles. The third-order valence-corrected chi connectivity index (χ3v) is 17.6. The molecule has 15 aromatic rings. The van der Waals surface area contributed by atoms with Gasteiger partial charge in [0, 0.05) is 148 Å². The van der Waals surface area contributed by atoms with Crippen molar-refractivity contribution in [1.82, 2.24) is 85.0 Å². The highest BCUT2D eigenvalue weighted by Crippen LogP contribution is 2.22. The molecule has 20 N–H and O–H groups in total. The molecule has 0 saturated heterocycles. The second kappa shape index (κ2) is 37.1. The zero-order chi connectivity index (χ0) is 76.6. The lowest BCUT2D eigenvalue weighted by Crippen LogP contribution is -2.16. The van der Waals surface area contributed by atoms with E-state index in [1.165, 1.54) is 11.3 Å². The quantitative estimate of drug-likeness (QED) is 0.0226. The van der Waals surface area contributed by atoms with Crippen LogP contribution in [0.2, 0.25) is 0 Å². The SMILES string of the molecule is Cc1cnc(NC(=O)CCNc2ccc3c(=O)[nH][nH]c3c2)s1.Cc1cnc(NCCC(=O)Nc2ccc3c(=O)[nH][nH]c3c2)s1.Cn1cnc(NC(=O)CCNc2ccc3c(=O)[nH][nH]c3c2)c1.Cn1cnc(NCCCNc2ccc3c(=O)[nH][nH]c3c2)c1.O=C(CCNc1ccccn1)Nc1ccc2c(=O)[nH][nH]c2c1. The van der Waals surface area contributed by atoms with Crippen LogP contribution in [0.1, 0.15) is 41.9 Å². The highest BCUT2D eigenvalue weighted by atomic mass is 32.1. The van der Waals surface area contributed by atoms with Crippen LogP contribution in [0.3, 0.4) is 0 Å². The fraction of sp³-hybridized carbons (Fsp3) is 0.211. The van der Waals surface area contributed by atoms with Gasteiger partial charge in [-0.15, -0.1) is 22.7 Å². The Morgan fingerprint density at radius 2 is 0.716 bits per heavy atom. The average molecular weight is 1520 g/mol. The summed E-state index contributed by atoms with van der Waals surface area (Å²) < 4.78 is 3.67. The molecule has 0 radical (unpaired) electrons. The summed E-state index contributed by atoms with van der Waals surface area (Å²) in [6.45, 7) is 7.62. The minimum Gasteiger partial charge on any atom is -0.385 e. The average Bonchev–Trinajstić information content (AvgIpc) is 1.72. The molecule has 0 bridgehead atoms. The van der Waals surface area contributed by atoms with E-state index in [4.69, 9.17) is 0 Å². The Hall–Kier alpha value is -14.0. The van der Waals surface area contributed by atoms with Gasteiger partial charge < -0.3 is 62.3 Å². The first-order chi connectivity index (χ1) is 52.8. The summed E-state index contributed by atoms with van der Waals surface area (Å²) in [5.74, 6) is 1.77. The number of benzene rings is 5. The van der Waals surface area contributed by atoms with Crippen LogP contribution in [-0.4, -0.2) is 148 Å². The number of hydrogen-bond acceptors (Lipinski definition) is 22. The molecule has 4 amide bonds. The van der Waals surface area contributed by atoms with Gasteiger partial charge in [-0.05, 0) is 123 Å². The van der Waals surface area contributed by atoms with Gasteiger partial charge in [0.1, 0.15) is 11.6 Å². The van der Waals surface area contributed by atoms with Crippen molar-refractivity contribution in [2.75, 3.05) is 92.4 Å². The molecule has 38 heteroatoms. The summed E-state index contributed by atoms with van der Waals surface area (Å²) in [6, 6.07) is 32.2. The first kappa shape index (κ1) is 76.1. The van der Waals surface area contributed by atoms with Gasteiger partial charge in [0.05, 0.1) is 67.2 Å². The molecule has 564 valence electrons. The van der Waals surface area contributed by atoms with E-state index in [1.54, 1.807) is 102 Å². The smallest absolute Gasteiger partial charge is 0.271 e. The van der Waals surface area contributed by atoms with Crippen LogP contribution in [-0.2, 0) is 33.3 Å². The minimum atomic E-state index is -0.174. The summed E-state index contributed by atoms with van der Waals surface area (Å²) in [4.78, 5) is 127. The number of carbonyl (C=O) groups excluding carboxylic acids is 4. The molecule has 36 nitrogen and oxygen atoms in total. The van der Waals surface area contributed by atoms with E-state index in [9.17, 15) is 43.2 Å². The lowest BCUT2D eigenvalue weighted by atomic mass is 10.2. The number of aromatic amines is 10. The molecule has 0 aliphatic heterocycles. The summed E-state index contributed by atoms with van der Waals surface area (Å²) in [5, 5.41) is 61.2. The largest absolute Gasteiger partial charge is 0.385 e. The van der Waals surface area contributed by atoms with Crippen LogP contribution >= 0.6 is 22.7 Å². The van der Waals surface area contributed by atoms with Gasteiger partial charge >= 0.3 is 0 Å². The van der Waals surface area contributed by atoms with Crippen molar-refractivity contribution in [3.63, 3.8) is 0 Å². The second-order valence-electron chi connectivity index (χ2n) is 24.4. The van der Waals surface area contributed by atoms with Crippen molar-refractivity contribution in [2.24, 2.45) is 14.1 Å². The molecule has 0 atom stereocenters. The van der Waals surface area contributed by atoms with Crippen LogP contribution < -0.4 is 81.0 Å². The van der Waals surface area contributed by atoms with Gasteiger partial charge in [0.25, 0.3) is 27.8 Å². The van der Waals surface area contributed by atoms with Crippen LogP contribution in [0.25, 0.3) is 54.5 Å². The number of nitrogens with zero attached hydrogens (tertiary/aromatic N) is 7. The molecule has 15 rings (SSSR count). The predicted molar refractivity (Wildman–Crippen MR) is 427 cm³/mol. The van der Waals surface area contributed by atoms with Gasteiger partial charge in [0.15, 0.2) is 16.1 Å². The maximum atomic E-state index is 11.9. The number of thiazole rings is 2. The van der Waals surface area contributed by atoms with Crippen LogP contribution in [0.15, 0.2) is 177 Å². The number of anilines is 10. The van der Waals surface area contributed by atoms with Gasteiger partial charge in [-0.25, -0.2) is 24.9 Å². The Morgan fingerprint density at radius 3 is 1.12 bits per heavy atom. The van der Waals surface area contributed by atoms with Gasteiger partial charge in [-0.2, -0.15) is 0 Å². The Labute approximate surface area is 624 Å². The topological polar surface area (TPSA) is 506 Å². The van der Waals surface area contributed by atoms with E-state index >= 15 is 0 Å². The van der Waals surface area contributed by atoms with Crippen LogP contribution in [0, 0.1) is 13.8 Å². The maximum Gasteiger partial charge on any atom is 0.271 e. The fourth-order valence-corrected chi connectivity index (χ4v) is 11.9. The molecule has 0 saturated carbocycles. The van der Waals surface area contributed by atoms with Crippen molar-refractivity contribution in [3.05, 3.63) is 214 Å². The summed E-state index contributed by atoms with van der Waals surface area (Å²) in [6.07, 6.45) is 14.6. The van der Waals surface area contributed by atoms with Gasteiger partial charge in [0.2, 0.25) is 23.6 Å². The monoisotopic (exact) mass is 1520 g/mol. The number of nitrogens with one attached hydrogen (secondary N) is 20.